The first-order chi connectivity index (χ1) is 8.65. The maximum Gasteiger partial charge on any atom is 0.317 e. The number of carboxylic acid groups (broad SMARTS) is 1. The van der Waals surface area contributed by atoms with Gasteiger partial charge in [-0.25, -0.2) is 4.79 Å². The second-order valence-corrected chi connectivity index (χ2v) is 4.86. The Hall–Kier alpha value is -1.26. The van der Waals surface area contributed by atoms with Crippen LogP contribution in [0.25, 0.3) is 0 Å². The van der Waals surface area contributed by atoms with E-state index in [1.807, 2.05) is 4.90 Å². The van der Waals surface area contributed by atoms with Crippen LogP contribution in [0.3, 0.4) is 0 Å². The molecule has 0 aromatic carbocycles. The molecule has 104 valence electrons. The Balaban J connectivity index is 2.14. The summed E-state index contributed by atoms with van der Waals surface area (Å²) in [6.45, 7) is 3.53. The zero-order valence-corrected chi connectivity index (χ0v) is 11.2. The van der Waals surface area contributed by atoms with Gasteiger partial charge in [0.2, 0.25) is 0 Å². The van der Waals surface area contributed by atoms with E-state index in [-0.39, 0.29) is 12.5 Å². The number of carbonyl (C=O) groups excluding carboxylic acids is 1. The van der Waals surface area contributed by atoms with E-state index in [1.165, 1.54) is 0 Å². The molecule has 0 spiro atoms. The smallest absolute Gasteiger partial charge is 0.317 e. The van der Waals surface area contributed by atoms with Crippen molar-refractivity contribution in [1.82, 2.24) is 10.2 Å². The zero-order chi connectivity index (χ0) is 13.4. The molecular formula is C13H24N2O3. The number of rotatable bonds is 9. The average molecular weight is 256 g/mol. The number of carbonyl (C=O) groups is 2. The summed E-state index contributed by atoms with van der Waals surface area (Å²) in [5.41, 5.74) is 0. The van der Waals surface area contributed by atoms with E-state index in [1.54, 1.807) is 0 Å². The minimum Gasteiger partial charge on any atom is -0.481 e. The molecule has 5 heteroatoms. The lowest BCUT2D eigenvalue weighted by Gasteiger charge is -2.22. The maximum absolute atomic E-state index is 11.9. The van der Waals surface area contributed by atoms with Crippen LogP contribution in [0.2, 0.25) is 0 Å². The van der Waals surface area contributed by atoms with Crippen LogP contribution in [0.1, 0.15) is 51.9 Å². The first kappa shape index (κ1) is 14.8. The van der Waals surface area contributed by atoms with Crippen molar-refractivity contribution >= 4 is 12.0 Å². The molecule has 18 heavy (non-hydrogen) atoms. The number of aliphatic carboxylic acids is 1. The number of amides is 2. The van der Waals surface area contributed by atoms with E-state index >= 15 is 0 Å². The highest BCUT2D eigenvalue weighted by molar-refractivity contribution is 5.74. The van der Waals surface area contributed by atoms with Crippen LogP contribution in [0.5, 0.6) is 0 Å². The Bertz CT molecular complexity index is 277. The number of unbranched alkanes of at least 4 members (excludes halogenated alkanes) is 2. The molecule has 0 unspecified atom stereocenters. The molecule has 0 aromatic rings. The standard InChI is InChI=1S/C13H24N2O3/c1-2-3-10-15(11-7-8-11)13(18)14-9-5-4-6-12(16)17/h11H,2-10H2,1H3,(H,14,18)(H,16,17). The predicted molar refractivity (Wildman–Crippen MR) is 69.5 cm³/mol. The number of nitrogens with one attached hydrogen (secondary N) is 1. The molecule has 0 heterocycles. The maximum atomic E-state index is 11.9. The Labute approximate surface area is 109 Å². The number of hydrogen-bond acceptors (Lipinski definition) is 2. The molecule has 2 N–H and O–H groups in total. The van der Waals surface area contributed by atoms with Crippen molar-refractivity contribution in [3.63, 3.8) is 0 Å². The number of carboxylic acids is 1. The van der Waals surface area contributed by atoms with Gasteiger partial charge in [-0.2, -0.15) is 0 Å². The normalized spacial score (nSPS) is 14.3. The fraction of sp³-hybridized carbons (Fsp3) is 0.846. The van der Waals surface area contributed by atoms with Crippen LogP contribution in [0.4, 0.5) is 4.79 Å². The van der Waals surface area contributed by atoms with Gasteiger partial charge in [0.15, 0.2) is 0 Å². The highest BCUT2D eigenvalue weighted by Gasteiger charge is 2.31. The minimum absolute atomic E-state index is 0.0151. The molecule has 0 atom stereocenters. The predicted octanol–water partition coefficient (Wildman–Crippen LogP) is 2.22. The molecule has 0 bridgehead atoms. The Morgan fingerprint density at radius 3 is 2.56 bits per heavy atom. The quantitative estimate of drug-likeness (QED) is 0.621. The summed E-state index contributed by atoms with van der Waals surface area (Å²) in [6.07, 6.45) is 5.90. The van der Waals surface area contributed by atoms with E-state index in [0.717, 1.165) is 38.6 Å². The number of nitrogens with zero attached hydrogens (tertiary/aromatic N) is 1. The van der Waals surface area contributed by atoms with Gasteiger partial charge in [-0.05, 0) is 32.1 Å². The minimum atomic E-state index is -0.774. The summed E-state index contributed by atoms with van der Waals surface area (Å²) in [7, 11) is 0. The fourth-order valence-electron chi connectivity index (χ4n) is 1.86. The summed E-state index contributed by atoms with van der Waals surface area (Å²) < 4.78 is 0. The SMILES string of the molecule is CCCCN(C(=O)NCCCCC(=O)O)C1CC1. The molecule has 2 amide bonds. The molecule has 0 aliphatic heterocycles. The van der Waals surface area contributed by atoms with Gasteiger partial charge in [0.1, 0.15) is 0 Å². The number of hydrogen-bond donors (Lipinski definition) is 2. The van der Waals surface area contributed by atoms with E-state index in [4.69, 9.17) is 5.11 Å². The lowest BCUT2D eigenvalue weighted by atomic mass is 10.2. The molecule has 1 rings (SSSR count). The molecule has 1 fully saturated rings. The van der Waals surface area contributed by atoms with Gasteiger partial charge in [-0.15, -0.1) is 0 Å². The van der Waals surface area contributed by atoms with Gasteiger partial charge in [-0.1, -0.05) is 13.3 Å². The van der Waals surface area contributed by atoms with E-state index in [2.05, 4.69) is 12.2 Å². The lowest BCUT2D eigenvalue weighted by molar-refractivity contribution is -0.137. The average Bonchev–Trinajstić information content (AvgIpc) is 3.13. The largest absolute Gasteiger partial charge is 0.481 e. The van der Waals surface area contributed by atoms with Crippen molar-refractivity contribution in [2.24, 2.45) is 0 Å². The van der Waals surface area contributed by atoms with Gasteiger partial charge < -0.3 is 15.3 Å². The van der Waals surface area contributed by atoms with Crippen molar-refractivity contribution < 1.29 is 14.7 Å². The molecule has 1 aliphatic rings. The first-order valence-electron chi connectivity index (χ1n) is 6.91. The molecule has 1 saturated carbocycles. The topological polar surface area (TPSA) is 69.6 Å². The molecular weight excluding hydrogens is 232 g/mol. The molecule has 0 saturated heterocycles. The summed E-state index contributed by atoms with van der Waals surface area (Å²) in [4.78, 5) is 24.2. The third-order valence-corrected chi connectivity index (χ3v) is 3.09. The van der Waals surface area contributed by atoms with Gasteiger partial charge in [0.05, 0.1) is 0 Å². The molecule has 0 radical (unpaired) electrons. The van der Waals surface area contributed by atoms with Crippen molar-refractivity contribution in [2.45, 2.75) is 57.9 Å². The van der Waals surface area contributed by atoms with Crippen LogP contribution < -0.4 is 5.32 Å². The summed E-state index contributed by atoms with van der Waals surface area (Å²) in [5.74, 6) is -0.774. The van der Waals surface area contributed by atoms with E-state index in [9.17, 15) is 9.59 Å². The molecule has 5 nitrogen and oxygen atoms in total. The second kappa shape index (κ2) is 7.95. The third kappa shape index (κ3) is 5.89. The highest BCUT2D eigenvalue weighted by atomic mass is 16.4. The third-order valence-electron chi connectivity index (χ3n) is 3.09. The summed E-state index contributed by atoms with van der Waals surface area (Å²) >= 11 is 0. The number of urea groups is 1. The molecule has 1 aliphatic carbocycles. The van der Waals surface area contributed by atoms with Crippen molar-refractivity contribution in [1.29, 1.82) is 0 Å². The van der Waals surface area contributed by atoms with Gasteiger partial charge in [0.25, 0.3) is 0 Å². The van der Waals surface area contributed by atoms with Crippen LogP contribution in [0.15, 0.2) is 0 Å². The monoisotopic (exact) mass is 256 g/mol. The van der Waals surface area contributed by atoms with Crippen LogP contribution in [0, 0.1) is 0 Å². The highest BCUT2D eigenvalue weighted by Crippen LogP contribution is 2.27. The summed E-state index contributed by atoms with van der Waals surface area (Å²) in [5, 5.41) is 11.4. The summed E-state index contributed by atoms with van der Waals surface area (Å²) in [6, 6.07) is 0.455. The van der Waals surface area contributed by atoms with Crippen LogP contribution in [-0.4, -0.2) is 41.1 Å². The fourth-order valence-corrected chi connectivity index (χ4v) is 1.86. The van der Waals surface area contributed by atoms with Gasteiger partial charge in [0, 0.05) is 25.6 Å². The van der Waals surface area contributed by atoms with Crippen molar-refractivity contribution in [3.8, 4) is 0 Å². The Morgan fingerprint density at radius 1 is 1.28 bits per heavy atom. The second-order valence-electron chi connectivity index (χ2n) is 4.86. The Kier molecular flexibility index (Phi) is 6.54. The van der Waals surface area contributed by atoms with Gasteiger partial charge in [-0.3, -0.25) is 4.79 Å². The first-order valence-corrected chi connectivity index (χ1v) is 6.91. The van der Waals surface area contributed by atoms with Gasteiger partial charge >= 0.3 is 12.0 Å². The van der Waals surface area contributed by atoms with E-state index in [0.29, 0.717) is 19.0 Å². The Morgan fingerprint density at radius 2 is 2.00 bits per heavy atom. The van der Waals surface area contributed by atoms with E-state index < -0.39 is 5.97 Å². The van der Waals surface area contributed by atoms with Crippen molar-refractivity contribution in [2.75, 3.05) is 13.1 Å². The van der Waals surface area contributed by atoms with Crippen molar-refractivity contribution in [3.05, 3.63) is 0 Å². The molecule has 0 aromatic heterocycles. The lowest BCUT2D eigenvalue weighted by Crippen LogP contribution is -2.42. The van der Waals surface area contributed by atoms with Crippen LogP contribution >= 0.6 is 0 Å². The van der Waals surface area contributed by atoms with Crippen LogP contribution in [-0.2, 0) is 4.79 Å². The zero-order valence-electron chi connectivity index (χ0n) is 11.2.